The third-order valence-corrected chi connectivity index (χ3v) is 4.06. The average Bonchev–Trinajstić information content (AvgIpc) is 2.34. The van der Waals surface area contributed by atoms with E-state index in [1.807, 2.05) is 28.2 Å². The molecular weight excluding hydrogens is 465 g/mol. The number of hydrogen-bond acceptors (Lipinski definition) is 6. The van der Waals surface area contributed by atoms with Crippen LogP contribution >= 0.6 is 0 Å². The molecular formula is C21H46N2O6Y. The van der Waals surface area contributed by atoms with Crippen molar-refractivity contribution in [2.45, 2.75) is 61.8 Å². The Morgan fingerprint density at radius 3 is 0.833 bits per heavy atom. The Morgan fingerprint density at radius 1 is 0.600 bits per heavy atom. The molecule has 2 aliphatic carbocycles. The van der Waals surface area contributed by atoms with Gasteiger partial charge >= 0.3 is 11.9 Å². The van der Waals surface area contributed by atoms with Crippen LogP contribution in [-0.2, 0) is 51.9 Å². The summed E-state index contributed by atoms with van der Waals surface area (Å²) in [5, 5.41) is 23.2. The van der Waals surface area contributed by atoms with Crippen molar-refractivity contribution in [3.8, 4) is 0 Å². The van der Waals surface area contributed by atoms with E-state index in [1.165, 1.54) is 39.5 Å². The van der Waals surface area contributed by atoms with E-state index in [0.29, 0.717) is 0 Å². The molecule has 179 valence electrons. The zero-order valence-corrected chi connectivity index (χ0v) is 20.1. The molecule has 0 aromatic carbocycles. The standard InChI is InChI=1S/C10H12O6.C4H8.2C2H7N.3CH4.Y/c1-3(11)5-6(4(2)12)8(10(15)16)7(5)9(13)14;1-2-4-3-1;2*1-3-2;;;;/h5-8H,1-2H3,(H,13,14)(H,15,16);1-4H2;2*3H,1-2H3;3*1H4;. The van der Waals surface area contributed by atoms with Gasteiger partial charge < -0.3 is 20.8 Å². The van der Waals surface area contributed by atoms with Crippen molar-refractivity contribution in [1.82, 2.24) is 10.6 Å². The Morgan fingerprint density at radius 2 is 0.767 bits per heavy atom. The van der Waals surface area contributed by atoms with Crippen LogP contribution in [0.5, 0.6) is 0 Å². The SMILES string of the molecule is C.C.C.C1CCC1.CC(=O)C1C(C(C)=O)C(C(=O)O)C1C(=O)O.CNC.CNC.[Y]. The van der Waals surface area contributed by atoms with Crippen LogP contribution in [0.2, 0.25) is 0 Å². The molecule has 4 atom stereocenters. The molecule has 0 bridgehead atoms. The van der Waals surface area contributed by atoms with Gasteiger partial charge in [-0.1, -0.05) is 48.0 Å². The number of nitrogens with one attached hydrogen (secondary N) is 2. The minimum Gasteiger partial charge on any atom is -0.481 e. The maximum atomic E-state index is 11.2. The summed E-state index contributed by atoms with van der Waals surface area (Å²) in [6, 6.07) is 0. The summed E-state index contributed by atoms with van der Waals surface area (Å²) >= 11 is 0. The largest absolute Gasteiger partial charge is 0.481 e. The Bertz CT molecular complexity index is 384. The molecule has 2 saturated carbocycles. The zero-order chi connectivity index (χ0) is 20.9. The van der Waals surface area contributed by atoms with E-state index in [1.54, 1.807) is 0 Å². The van der Waals surface area contributed by atoms with Crippen LogP contribution < -0.4 is 10.6 Å². The topological polar surface area (TPSA) is 133 Å². The molecule has 0 spiro atoms. The summed E-state index contributed by atoms with van der Waals surface area (Å²) in [6.45, 7) is 2.35. The Balaban J connectivity index is -0.0000000867. The molecule has 0 amide bonds. The van der Waals surface area contributed by atoms with Gasteiger partial charge in [-0.2, -0.15) is 0 Å². The van der Waals surface area contributed by atoms with Crippen molar-refractivity contribution in [3.63, 3.8) is 0 Å². The third-order valence-electron chi connectivity index (χ3n) is 4.06. The molecule has 9 heteroatoms. The fourth-order valence-electron chi connectivity index (χ4n) is 2.62. The number of ketones is 2. The van der Waals surface area contributed by atoms with Gasteiger partial charge in [0.2, 0.25) is 0 Å². The fraction of sp³-hybridized carbons (Fsp3) is 0.810. The summed E-state index contributed by atoms with van der Waals surface area (Å²) in [7, 11) is 7.50. The van der Waals surface area contributed by atoms with Crippen molar-refractivity contribution in [1.29, 1.82) is 0 Å². The van der Waals surface area contributed by atoms with E-state index in [9.17, 15) is 19.2 Å². The summed E-state index contributed by atoms with van der Waals surface area (Å²) in [5.41, 5.74) is 0. The van der Waals surface area contributed by atoms with Gasteiger partial charge in [-0.15, -0.1) is 0 Å². The number of carboxylic acids is 2. The van der Waals surface area contributed by atoms with E-state index in [0.717, 1.165) is 0 Å². The number of carbonyl (C=O) groups is 4. The van der Waals surface area contributed by atoms with Crippen LogP contribution in [0.15, 0.2) is 0 Å². The second kappa shape index (κ2) is 24.6. The molecule has 0 saturated heterocycles. The number of rotatable bonds is 4. The monoisotopic (exact) mass is 511 g/mol. The number of aliphatic carboxylic acids is 2. The summed E-state index contributed by atoms with van der Waals surface area (Å²) in [6.07, 6.45) is 6.00. The van der Waals surface area contributed by atoms with Crippen molar-refractivity contribution in [3.05, 3.63) is 0 Å². The molecule has 1 radical (unpaired) electrons. The van der Waals surface area contributed by atoms with Crippen molar-refractivity contribution < 1.29 is 62.1 Å². The first-order chi connectivity index (χ1) is 12.1. The van der Waals surface area contributed by atoms with E-state index in [4.69, 9.17) is 10.2 Å². The van der Waals surface area contributed by atoms with E-state index in [2.05, 4.69) is 10.6 Å². The van der Waals surface area contributed by atoms with Gasteiger partial charge in [0.25, 0.3) is 0 Å². The molecule has 30 heavy (non-hydrogen) atoms. The van der Waals surface area contributed by atoms with Crippen LogP contribution in [0.25, 0.3) is 0 Å². The summed E-state index contributed by atoms with van der Waals surface area (Å²) < 4.78 is 0. The average molecular weight is 512 g/mol. The van der Waals surface area contributed by atoms with Crippen molar-refractivity contribution >= 4 is 23.5 Å². The Labute approximate surface area is 209 Å². The van der Waals surface area contributed by atoms with Gasteiger partial charge in [-0.3, -0.25) is 19.2 Å². The first-order valence-corrected chi connectivity index (χ1v) is 8.75. The number of carbonyl (C=O) groups excluding carboxylic acids is 2. The van der Waals surface area contributed by atoms with E-state index < -0.39 is 47.2 Å². The first-order valence-electron chi connectivity index (χ1n) is 8.75. The molecule has 0 aliphatic heterocycles. The quantitative estimate of drug-likeness (QED) is 0.453. The molecule has 4 unspecified atom stereocenters. The van der Waals surface area contributed by atoms with E-state index in [-0.39, 0.29) is 55.0 Å². The summed E-state index contributed by atoms with van der Waals surface area (Å²) in [5.74, 6) is -8.18. The first kappa shape index (κ1) is 43.2. The van der Waals surface area contributed by atoms with Gasteiger partial charge in [-0.05, 0) is 42.0 Å². The van der Waals surface area contributed by atoms with Gasteiger partial charge in [0.15, 0.2) is 0 Å². The number of carboxylic acid groups (broad SMARTS) is 2. The second-order valence-electron chi connectivity index (χ2n) is 6.42. The molecule has 0 aromatic heterocycles. The van der Waals surface area contributed by atoms with Crippen LogP contribution in [0.1, 0.15) is 61.8 Å². The molecule has 2 fully saturated rings. The van der Waals surface area contributed by atoms with Gasteiger partial charge in [0, 0.05) is 44.5 Å². The molecule has 0 heterocycles. The van der Waals surface area contributed by atoms with Gasteiger partial charge in [0.1, 0.15) is 11.6 Å². The van der Waals surface area contributed by atoms with Crippen LogP contribution in [0, 0.1) is 23.7 Å². The van der Waals surface area contributed by atoms with Crippen LogP contribution in [0.4, 0.5) is 0 Å². The molecule has 2 aliphatic rings. The zero-order valence-electron chi connectivity index (χ0n) is 17.2. The van der Waals surface area contributed by atoms with E-state index >= 15 is 0 Å². The van der Waals surface area contributed by atoms with Crippen LogP contribution in [0.3, 0.4) is 0 Å². The van der Waals surface area contributed by atoms with Crippen molar-refractivity contribution in [2.24, 2.45) is 23.7 Å². The smallest absolute Gasteiger partial charge is 0.308 e. The Kier molecular flexibility index (Phi) is 35.4. The Hall–Kier alpha value is -0.696. The minimum absolute atomic E-state index is 0. The molecule has 8 nitrogen and oxygen atoms in total. The molecule has 2 rings (SSSR count). The predicted octanol–water partition coefficient (Wildman–Crippen LogP) is 2.95. The maximum absolute atomic E-state index is 11.2. The second-order valence-corrected chi connectivity index (χ2v) is 6.42. The van der Waals surface area contributed by atoms with Gasteiger partial charge in [0.05, 0.1) is 11.8 Å². The maximum Gasteiger partial charge on any atom is 0.308 e. The summed E-state index contributed by atoms with van der Waals surface area (Å²) in [4.78, 5) is 44.1. The molecule has 4 N–H and O–H groups in total. The third kappa shape index (κ3) is 15.2. The number of hydrogen-bond donors (Lipinski definition) is 4. The minimum atomic E-state index is -1.34. The predicted molar refractivity (Wildman–Crippen MR) is 119 cm³/mol. The van der Waals surface area contributed by atoms with Crippen molar-refractivity contribution in [2.75, 3.05) is 28.2 Å². The van der Waals surface area contributed by atoms with Gasteiger partial charge in [-0.25, -0.2) is 0 Å². The van der Waals surface area contributed by atoms with Crippen LogP contribution in [-0.4, -0.2) is 61.9 Å². The molecule has 0 aromatic rings. The normalized spacial score (nSPS) is 21.8. The number of Topliss-reactive ketones (excluding diaryl/α,β-unsaturated/α-hetero) is 2. The fourth-order valence-corrected chi connectivity index (χ4v) is 2.62.